The Morgan fingerprint density at radius 2 is 2.00 bits per heavy atom. The van der Waals surface area contributed by atoms with Crippen molar-refractivity contribution in [2.45, 2.75) is 32.7 Å². The van der Waals surface area contributed by atoms with Gasteiger partial charge < -0.3 is 10.4 Å². The van der Waals surface area contributed by atoms with Crippen LogP contribution in [0.25, 0.3) is 0 Å². The molecule has 6 nitrogen and oxygen atoms in total. The quantitative estimate of drug-likeness (QED) is 0.808. The molecule has 1 aromatic rings. The number of carboxylic acid groups (broad SMARTS) is 1. The second kappa shape index (κ2) is 5.38. The summed E-state index contributed by atoms with van der Waals surface area (Å²) in [6.45, 7) is 5.21. The summed E-state index contributed by atoms with van der Waals surface area (Å²) in [6, 6.07) is -0.942. The van der Waals surface area contributed by atoms with Crippen molar-refractivity contribution in [1.82, 2.24) is 15.3 Å². The van der Waals surface area contributed by atoms with Crippen LogP contribution in [0.2, 0.25) is 0 Å². The fraction of sp³-hybridized carbons (Fsp3) is 0.455. The van der Waals surface area contributed by atoms with E-state index < -0.39 is 17.9 Å². The molecule has 17 heavy (non-hydrogen) atoms. The first kappa shape index (κ1) is 13.1. The molecule has 92 valence electrons. The maximum atomic E-state index is 11.8. The fourth-order valence-electron chi connectivity index (χ4n) is 1.31. The van der Waals surface area contributed by atoms with Crippen molar-refractivity contribution in [3.8, 4) is 0 Å². The normalized spacial score (nSPS) is 12.2. The molecule has 2 N–H and O–H groups in total. The lowest BCUT2D eigenvalue weighted by Crippen LogP contribution is -2.38. The highest BCUT2D eigenvalue weighted by Crippen LogP contribution is 2.15. The Bertz CT molecular complexity index is 432. The highest BCUT2D eigenvalue weighted by molar-refractivity contribution is 5.97. The summed E-state index contributed by atoms with van der Waals surface area (Å²) in [4.78, 5) is 30.3. The first-order chi connectivity index (χ1) is 7.93. The van der Waals surface area contributed by atoms with Crippen LogP contribution in [0.1, 0.15) is 42.7 Å². The third-order valence-electron chi connectivity index (χ3n) is 2.25. The SMILES string of the molecule is CC(NC(=O)c1cncnc1C(C)C)C(=O)O. The van der Waals surface area contributed by atoms with Gasteiger partial charge in [-0.05, 0) is 12.8 Å². The molecule has 0 aliphatic heterocycles. The van der Waals surface area contributed by atoms with E-state index in [-0.39, 0.29) is 5.92 Å². The lowest BCUT2D eigenvalue weighted by molar-refractivity contribution is -0.138. The summed E-state index contributed by atoms with van der Waals surface area (Å²) in [5.74, 6) is -1.48. The average Bonchev–Trinajstić information content (AvgIpc) is 2.28. The van der Waals surface area contributed by atoms with E-state index in [0.29, 0.717) is 11.3 Å². The minimum atomic E-state index is -1.08. The zero-order valence-electron chi connectivity index (χ0n) is 9.97. The maximum absolute atomic E-state index is 11.8. The van der Waals surface area contributed by atoms with Crippen LogP contribution in [-0.4, -0.2) is 33.0 Å². The van der Waals surface area contributed by atoms with Crippen LogP contribution in [0, 0.1) is 0 Å². The van der Waals surface area contributed by atoms with Gasteiger partial charge in [0.25, 0.3) is 5.91 Å². The predicted octanol–water partition coefficient (Wildman–Crippen LogP) is 0.803. The van der Waals surface area contributed by atoms with Gasteiger partial charge in [0.1, 0.15) is 12.4 Å². The Hall–Kier alpha value is -1.98. The van der Waals surface area contributed by atoms with Crippen LogP contribution < -0.4 is 5.32 Å². The van der Waals surface area contributed by atoms with E-state index >= 15 is 0 Å². The van der Waals surface area contributed by atoms with Gasteiger partial charge in [0, 0.05) is 6.20 Å². The van der Waals surface area contributed by atoms with E-state index in [9.17, 15) is 9.59 Å². The first-order valence-electron chi connectivity index (χ1n) is 5.27. The highest BCUT2D eigenvalue weighted by atomic mass is 16.4. The highest BCUT2D eigenvalue weighted by Gasteiger charge is 2.19. The van der Waals surface area contributed by atoms with Crippen molar-refractivity contribution >= 4 is 11.9 Å². The second-order valence-corrected chi connectivity index (χ2v) is 4.01. The molecule has 0 aliphatic rings. The lowest BCUT2D eigenvalue weighted by Gasteiger charge is -2.12. The van der Waals surface area contributed by atoms with E-state index in [2.05, 4.69) is 15.3 Å². The van der Waals surface area contributed by atoms with E-state index in [0.717, 1.165) is 0 Å². The number of carbonyl (C=O) groups is 2. The molecule has 0 fully saturated rings. The number of nitrogens with one attached hydrogen (secondary N) is 1. The molecule has 0 saturated heterocycles. The van der Waals surface area contributed by atoms with Crippen molar-refractivity contribution in [2.75, 3.05) is 0 Å². The van der Waals surface area contributed by atoms with Gasteiger partial charge in [-0.3, -0.25) is 9.59 Å². The first-order valence-corrected chi connectivity index (χ1v) is 5.27. The van der Waals surface area contributed by atoms with Crippen LogP contribution in [0.15, 0.2) is 12.5 Å². The molecule has 1 amide bonds. The van der Waals surface area contributed by atoms with Crippen LogP contribution in [0.5, 0.6) is 0 Å². The Labute approximate surface area is 99.1 Å². The number of amides is 1. The lowest BCUT2D eigenvalue weighted by atomic mass is 10.0. The number of carbonyl (C=O) groups excluding carboxylic acids is 1. The fourth-order valence-corrected chi connectivity index (χ4v) is 1.31. The molecule has 6 heteroatoms. The Morgan fingerprint density at radius 1 is 1.35 bits per heavy atom. The third kappa shape index (κ3) is 3.24. The van der Waals surface area contributed by atoms with Crippen molar-refractivity contribution in [1.29, 1.82) is 0 Å². The van der Waals surface area contributed by atoms with Gasteiger partial charge in [-0.2, -0.15) is 0 Å². The van der Waals surface area contributed by atoms with Crippen LogP contribution >= 0.6 is 0 Å². The van der Waals surface area contributed by atoms with Gasteiger partial charge in [0.05, 0.1) is 11.3 Å². The number of hydrogen-bond acceptors (Lipinski definition) is 4. The van der Waals surface area contributed by atoms with Gasteiger partial charge in [0.2, 0.25) is 0 Å². The smallest absolute Gasteiger partial charge is 0.325 e. The standard InChI is InChI=1S/C11H15N3O3/c1-6(2)9-8(4-12-5-13-9)10(15)14-7(3)11(16)17/h4-7H,1-3H3,(H,14,15)(H,16,17). The maximum Gasteiger partial charge on any atom is 0.325 e. The van der Waals surface area contributed by atoms with Crippen LogP contribution in [0.4, 0.5) is 0 Å². The van der Waals surface area contributed by atoms with E-state index in [1.54, 1.807) is 0 Å². The molecule has 1 unspecified atom stereocenters. The van der Waals surface area contributed by atoms with Crippen molar-refractivity contribution in [3.63, 3.8) is 0 Å². The molecule has 0 aliphatic carbocycles. The molecule has 0 radical (unpaired) electrons. The Balaban J connectivity index is 2.93. The van der Waals surface area contributed by atoms with Gasteiger partial charge in [-0.1, -0.05) is 13.8 Å². The molecule has 1 aromatic heterocycles. The van der Waals surface area contributed by atoms with Gasteiger partial charge in [-0.15, -0.1) is 0 Å². The Morgan fingerprint density at radius 3 is 2.53 bits per heavy atom. The summed E-state index contributed by atoms with van der Waals surface area (Å²) in [6.07, 6.45) is 2.76. The number of hydrogen-bond donors (Lipinski definition) is 2. The van der Waals surface area contributed by atoms with Gasteiger partial charge >= 0.3 is 5.97 Å². The van der Waals surface area contributed by atoms with E-state index in [1.807, 2.05) is 13.8 Å². The molecule has 1 heterocycles. The summed E-state index contributed by atoms with van der Waals surface area (Å²) in [5, 5.41) is 11.1. The van der Waals surface area contributed by atoms with Gasteiger partial charge in [-0.25, -0.2) is 9.97 Å². The summed E-state index contributed by atoms with van der Waals surface area (Å²) in [5.41, 5.74) is 0.922. The molecular weight excluding hydrogens is 222 g/mol. The molecule has 0 spiro atoms. The molecule has 0 aromatic carbocycles. The average molecular weight is 237 g/mol. The molecular formula is C11H15N3O3. The number of rotatable bonds is 4. The van der Waals surface area contributed by atoms with Crippen molar-refractivity contribution in [3.05, 3.63) is 23.8 Å². The largest absolute Gasteiger partial charge is 0.480 e. The Kier molecular flexibility index (Phi) is 4.14. The van der Waals surface area contributed by atoms with E-state index in [1.165, 1.54) is 19.4 Å². The molecule has 0 saturated carbocycles. The predicted molar refractivity (Wildman–Crippen MR) is 60.7 cm³/mol. The van der Waals surface area contributed by atoms with Crippen molar-refractivity contribution in [2.24, 2.45) is 0 Å². The minimum Gasteiger partial charge on any atom is -0.480 e. The zero-order chi connectivity index (χ0) is 13.0. The zero-order valence-corrected chi connectivity index (χ0v) is 9.97. The van der Waals surface area contributed by atoms with Crippen molar-refractivity contribution < 1.29 is 14.7 Å². The molecule has 0 bridgehead atoms. The third-order valence-corrected chi connectivity index (χ3v) is 2.25. The summed E-state index contributed by atoms with van der Waals surface area (Å²) < 4.78 is 0. The number of aliphatic carboxylic acids is 1. The minimum absolute atomic E-state index is 0.0684. The van der Waals surface area contributed by atoms with Gasteiger partial charge in [0.15, 0.2) is 0 Å². The van der Waals surface area contributed by atoms with Crippen LogP contribution in [0.3, 0.4) is 0 Å². The second-order valence-electron chi connectivity index (χ2n) is 4.01. The molecule has 1 rings (SSSR count). The summed E-state index contributed by atoms with van der Waals surface area (Å²) >= 11 is 0. The van der Waals surface area contributed by atoms with Crippen LogP contribution in [-0.2, 0) is 4.79 Å². The topological polar surface area (TPSA) is 92.2 Å². The van der Waals surface area contributed by atoms with E-state index in [4.69, 9.17) is 5.11 Å². The number of nitrogens with zero attached hydrogens (tertiary/aromatic N) is 2. The number of carboxylic acids is 1. The monoisotopic (exact) mass is 237 g/mol. The number of aromatic nitrogens is 2. The summed E-state index contributed by atoms with van der Waals surface area (Å²) in [7, 11) is 0. The molecule has 1 atom stereocenters.